The number of nitrogens with zero attached hydrogens (tertiary/aromatic N) is 1. The van der Waals surface area contributed by atoms with E-state index in [0.717, 1.165) is 5.51 Å². The first kappa shape index (κ1) is 10.4. The third kappa shape index (κ3) is 2.17. The molecular weight excluding hydrogens is 229 g/mol. The number of alkyl halides is 3. The van der Waals surface area contributed by atoms with E-state index in [1.165, 1.54) is 0 Å². The quantitative estimate of drug-likeness (QED) is 0.778. The Morgan fingerprint density at radius 2 is 2.00 bits per heavy atom. The van der Waals surface area contributed by atoms with Crippen LogP contribution in [0.4, 0.5) is 13.2 Å². The number of rotatable bonds is 1. The Bertz CT molecular complexity index is 407. The highest BCUT2D eigenvalue weighted by Crippen LogP contribution is 2.34. The fraction of sp³-hybridized carbons (Fsp3) is 0.250. The molecule has 0 amide bonds. The third-order valence-electron chi connectivity index (χ3n) is 1.06. The van der Waals surface area contributed by atoms with E-state index in [2.05, 4.69) is 10.1 Å². The normalized spacial score (nSPS) is 13.2. The Labute approximate surface area is 75.3 Å². The molecule has 9 heteroatoms. The van der Waals surface area contributed by atoms with E-state index >= 15 is 0 Å². The SMILES string of the molecule is NS(=O)(=O)c1scnc1C(F)(F)F. The number of hydrogen-bond donors (Lipinski definition) is 1. The number of primary sulfonamides is 1. The van der Waals surface area contributed by atoms with Crippen molar-refractivity contribution >= 4 is 21.4 Å². The predicted molar refractivity (Wildman–Crippen MR) is 38.5 cm³/mol. The highest BCUT2D eigenvalue weighted by atomic mass is 32.2. The molecule has 1 heterocycles. The number of halogens is 3. The molecule has 0 saturated carbocycles. The van der Waals surface area contributed by atoms with Crippen LogP contribution in [0, 0.1) is 0 Å². The largest absolute Gasteiger partial charge is 0.435 e. The van der Waals surface area contributed by atoms with Crippen molar-refractivity contribution in [1.82, 2.24) is 4.98 Å². The minimum Gasteiger partial charge on any atom is -0.239 e. The zero-order valence-electron chi connectivity index (χ0n) is 5.87. The third-order valence-corrected chi connectivity index (χ3v) is 3.38. The maximum absolute atomic E-state index is 12.0. The maximum Gasteiger partial charge on any atom is 0.435 e. The molecule has 0 radical (unpaired) electrons. The smallest absolute Gasteiger partial charge is 0.239 e. The van der Waals surface area contributed by atoms with Gasteiger partial charge in [-0.05, 0) is 0 Å². The second kappa shape index (κ2) is 2.93. The van der Waals surface area contributed by atoms with Gasteiger partial charge in [-0.25, -0.2) is 18.5 Å². The summed E-state index contributed by atoms with van der Waals surface area (Å²) in [7, 11) is -4.34. The number of nitrogens with two attached hydrogens (primary N) is 1. The van der Waals surface area contributed by atoms with Crippen LogP contribution in [0.1, 0.15) is 5.69 Å². The fourth-order valence-electron chi connectivity index (χ4n) is 0.626. The van der Waals surface area contributed by atoms with Crippen molar-refractivity contribution in [2.75, 3.05) is 0 Å². The molecule has 0 atom stereocenters. The average molecular weight is 232 g/mol. The van der Waals surface area contributed by atoms with Crippen LogP contribution in [-0.2, 0) is 16.2 Å². The number of thiazole rings is 1. The van der Waals surface area contributed by atoms with Gasteiger partial charge < -0.3 is 0 Å². The zero-order valence-corrected chi connectivity index (χ0v) is 7.50. The van der Waals surface area contributed by atoms with Gasteiger partial charge >= 0.3 is 6.18 Å². The van der Waals surface area contributed by atoms with Crippen LogP contribution in [0.2, 0.25) is 0 Å². The molecule has 0 fully saturated rings. The predicted octanol–water partition coefficient (Wildman–Crippen LogP) is 0.809. The first-order valence-electron chi connectivity index (χ1n) is 2.76. The second-order valence-electron chi connectivity index (χ2n) is 2.03. The van der Waals surface area contributed by atoms with Crippen LogP contribution >= 0.6 is 11.3 Å². The van der Waals surface area contributed by atoms with Gasteiger partial charge in [0.15, 0.2) is 9.90 Å². The lowest BCUT2D eigenvalue weighted by molar-refractivity contribution is -0.142. The van der Waals surface area contributed by atoms with Gasteiger partial charge in [-0.3, -0.25) is 0 Å². The van der Waals surface area contributed by atoms with Crippen LogP contribution < -0.4 is 5.14 Å². The van der Waals surface area contributed by atoms with E-state index in [4.69, 9.17) is 0 Å². The number of sulfonamides is 1. The van der Waals surface area contributed by atoms with Crippen LogP contribution in [0.3, 0.4) is 0 Å². The van der Waals surface area contributed by atoms with Gasteiger partial charge in [0.1, 0.15) is 0 Å². The lowest BCUT2D eigenvalue weighted by atomic mass is 10.5. The van der Waals surface area contributed by atoms with Gasteiger partial charge in [0.25, 0.3) is 0 Å². The lowest BCUT2D eigenvalue weighted by Crippen LogP contribution is -2.17. The van der Waals surface area contributed by atoms with Crippen molar-refractivity contribution < 1.29 is 21.6 Å². The highest BCUT2D eigenvalue weighted by Gasteiger charge is 2.39. The Hall–Kier alpha value is -0.670. The summed E-state index contributed by atoms with van der Waals surface area (Å²) in [5.74, 6) is 0. The van der Waals surface area contributed by atoms with E-state index in [0.29, 0.717) is 11.3 Å². The molecule has 0 saturated heterocycles. The molecule has 1 rings (SSSR count). The van der Waals surface area contributed by atoms with Crippen molar-refractivity contribution in [1.29, 1.82) is 0 Å². The molecule has 74 valence electrons. The molecule has 0 aliphatic rings. The molecule has 13 heavy (non-hydrogen) atoms. The Kier molecular flexibility index (Phi) is 2.34. The summed E-state index contributed by atoms with van der Waals surface area (Å²) in [5.41, 5.74) is -0.678. The van der Waals surface area contributed by atoms with Crippen molar-refractivity contribution in [3.63, 3.8) is 0 Å². The molecule has 4 nitrogen and oxygen atoms in total. The Morgan fingerprint density at radius 3 is 2.31 bits per heavy atom. The molecule has 0 unspecified atom stereocenters. The summed E-state index contributed by atoms with van der Waals surface area (Å²) in [6.45, 7) is 0. The van der Waals surface area contributed by atoms with Crippen LogP contribution in [-0.4, -0.2) is 13.4 Å². The van der Waals surface area contributed by atoms with E-state index in [1.54, 1.807) is 0 Å². The topological polar surface area (TPSA) is 73.1 Å². The highest BCUT2D eigenvalue weighted by molar-refractivity contribution is 7.91. The van der Waals surface area contributed by atoms with Crippen molar-refractivity contribution in [3.8, 4) is 0 Å². The molecule has 0 spiro atoms. The summed E-state index contributed by atoms with van der Waals surface area (Å²) < 4.78 is 56.4. The van der Waals surface area contributed by atoms with Gasteiger partial charge in [-0.15, -0.1) is 11.3 Å². The van der Waals surface area contributed by atoms with Crippen LogP contribution in [0.5, 0.6) is 0 Å². The average Bonchev–Trinajstić information content (AvgIpc) is 2.27. The minimum atomic E-state index is -4.79. The van der Waals surface area contributed by atoms with Gasteiger partial charge in [-0.2, -0.15) is 13.2 Å². The molecule has 1 aromatic rings. The van der Waals surface area contributed by atoms with Gasteiger partial charge in [0, 0.05) is 0 Å². The molecular formula is C4H3F3N2O2S2. The van der Waals surface area contributed by atoms with Crippen molar-refractivity contribution in [2.24, 2.45) is 5.14 Å². The van der Waals surface area contributed by atoms with Crippen molar-refractivity contribution in [3.05, 3.63) is 11.2 Å². The molecule has 0 aliphatic carbocycles. The maximum atomic E-state index is 12.0. The zero-order chi connectivity index (χ0) is 10.3. The van der Waals surface area contributed by atoms with Gasteiger partial charge in [0.2, 0.25) is 10.0 Å². The van der Waals surface area contributed by atoms with E-state index < -0.39 is 26.1 Å². The molecule has 0 aliphatic heterocycles. The monoisotopic (exact) mass is 232 g/mol. The Balaban J connectivity index is 3.35. The lowest BCUT2D eigenvalue weighted by Gasteiger charge is -2.03. The molecule has 2 N–H and O–H groups in total. The standard InChI is InChI=1S/C4H3F3N2O2S2/c5-4(6,7)2-3(12-1-9-2)13(8,10)11/h1H,(H2,8,10,11). The minimum absolute atomic E-state index is 0.339. The van der Waals surface area contributed by atoms with E-state index in [9.17, 15) is 21.6 Å². The molecule has 0 bridgehead atoms. The summed E-state index contributed by atoms with van der Waals surface area (Å²) in [6.07, 6.45) is -4.79. The van der Waals surface area contributed by atoms with Gasteiger partial charge in [0.05, 0.1) is 5.51 Å². The van der Waals surface area contributed by atoms with Crippen LogP contribution in [0.25, 0.3) is 0 Å². The van der Waals surface area contributed by atoms with Crippen LogP contribution in [0.15, 0.2) is 9.72 Å². The summed E-state index contributed by atoms with van der Waals surface area (Å²) in [6, 6.07) is 0. The van der Waals surface area contributed by atoms with E-state index in [1.807, 2.05) is 0 Å². The van der Waals surface area contributed by atoms with Crippen molar-refractivity contribution in [2.45, 2.75) is 10.4 Å². The second-order valence-corrected chi connectivity index (χ2v) is 4.64. The Morgan fingerprint density at radius 1 is 1.46 bits per heavy atom. The van der Waals surface area contributed by atoms with Gasteiger partial charge in [-0.1, -0.05) is 0 Å². The summed E-state index contributed by atoms with van der Waals surface area (Å²) in [5, 5.41) is 4.54. The summed E-state index contributed by atoms with van der Waals surface area (Å²) >= 11 is 0.339. The number of hydrogen-bond acceptors (Lipinski definition) is 4. The first-order valence-corrected chi connectivity index (χ1v) is 5.19. The number of aromatic nitrogens is 1. The van der Waals surface area contributed by atoms with E-state index in [-0.39, 0.29) is 0 Å². The molecule has 0 aromatic carbocycles. The molecule has 1 aromatic heterocycles. The summed E-state index contributed by atoms with van der Waals surface area (Å²) in [4.78, 5) is 2.89. The fourth-order valence-corrected chi connectivity index (χ4v) is 2.26. The first-order chi connectivity index (χ1) is 5.73.